The molecule has 1 aliphatic carbocycles. The zero-order valence-electron chi connectivity index (χ0n) is 18.6. The molecule has 0 N–H and O–H groups in total. The van der Waals surface area contributed by atoms with Crippen LogP contribution in [-0.4, -0.2) is 54.4 Å². The molecule has 1 aromatic rings. The van der Waals surface area contributed by atoms with E-state index in [-0.39, 0.29) is 11.8 Å². The number of hydrogen-bond donors (Lipinski definition) is 0. The lowest BCUT2D eigenvalue weighted by Gasteiger charge is -2.35. The molecule has 0 radical (unpaired) electrons. The van der Waals surface area contributed by atoms with Crippen molar-refractivity contribution in [1.29, 1.82) is 0 Å². The van der Waals surface area contributed by atoms with Gasteiger partial charge < -0.3 is 14.5 Å². The Balaban J connectivity index is 1.26. The highest BCUT2D eigenvalue weighted by atomic mass is 16.5. The van der Waals surface area contributed by atoms with Crippen LogP contribution >= 0.6 is 0 Å². The third kappa shape index (κ3) is 7.33. The summed E-state index contributed by atoms with van der Waals surface area (Å²) in [5, 5.41) is 0. The minimum Gasteiger partial charge on any atom is -0.494 e. The Hall–Kier alpha value is -2.04. The summed E-state index contributed by atoms with van der Waals surface area (Å²) in [4.78, 5) is 28.9. The molecule has 1 aliphatic heterocycles. The first-order valence-corrected chi connectivity index (χ1v) is 11.9. The summed E-state index contributed by atoms with van der Waals surface area (Å²) in [7, 11) is 0. The molecule has 1 heterocycles. The Morgan fingerprint density at radius 3 is 2.27 bits per heavy atom. The average Bonchev–Trinajstić information content (AvgIpc) is 2.78. The normalized spacial score (nSPS) is 17.8. The highest BCUT2D eigenvalue weighted by molar-refractivity contribution is 5.78. The fourth-order valence-electron chi connectivity index (χ4n) is 4.60. The largest absolute Gasteiger partial charge is 0.494 e. The topological polar surface area (TPSA) is 49.9 Å². The van der Waals surface area contributed by atoms with E-state index in [0.29, 0.717) is 45.6 Å². The zero-order valence-corrected chi connectivity index (χ0v) is 18.6. The van der Waals surface area contributed by atoms with Gasteiger partial charge in [-0.15, -0.1) is 0 Å². The highest BCUT2D eigenvalue weighted by Gasteiger charge is 2.24. The zero-order chi connectivity index (χ0) is 21.2. The molecule has 0 unspecified atom stereocenters. The number of nitrogens with zero attached hydrogens (tertiary/aromatic N) is 2. The van der Waals surface area contributed by atoms with Crippen LogP contribution < -0.4 is 4.74 Å². The number of amides is 2. The highest BCUT2D eigenvalue weighted by Crippen LogP contribution is 2.27. The number of unbranched alkanes of at least 4 members (excludes halogenated alkanes) is 1. The van der Waals surface area contributed by atoms with Gasteiger partial charge in [0.2, 0.25) is 11.8 Å². The van der Waals surface area contributed by atoms with Crippen LogP contribution in [0.1, 0.15) is 69.8 Å². The smallest absolute Gasteiger partial charge is 0.222 e. The fraction of sp³-hybridized carbons (Fsp3) is 0.680. The van der Waals surface area contributed by atoms with E-state index in [9.17, 15) is 9.59 Å². The number of benzene rings is 1. The second-order valence-corrected chi connectivity index (χ2v) is 8.93. The molecule has 1 saturated heterocycles. The van der Waals surface area contributed by atoms with Crippen molar-refractivity contribution < 1.29 is 14.3 Å². The van der Waals surface area contributed by atoms with Crippen molar-refractivity contribution in [3.8, 4) is 5.75 Å². The summed E-state index contributed by atoms with van der Waals surface area (Å²) in [6.45, 7) is 5.41. The number of ether oxygens (including phenoxy) is 1. The molecule has 1 aromatic carbocycles. The molecule has 2 amide bonds. The van der Waals surface area contributed by atoms with E-state index in [4.69, 9.17) is 4.74 Å². The minimum atomic E-state index is 0.208. The van der Waals surface area contributed by atoms with Crippen molar-refractivity contribution in [3.63, 3.8) is 0 Å². The Kier molecular flexibility index (Phi) is 9.03. The number of hydrogen-bond acceptors (Lipinski definition) is 3. The number of aryl methyl sites for hydroxylation is 1. The summed E-state index contributed by atoms with van der Waals surface area (Å²) in [6.07, 6.45) is 10.6. The molecule has 5 nitrogen and oxygen atoms in total. The van der Waals surface area contributed by atoms with Gasteiger partial charge in [0.05, 0.1) is 6.61 Å². The lowest BCUT2D eigenvalue weighted by Crippen LogP contribution is -2.50. The number of piperazine rings is 1. The Bertz CT molecular complexity index is 677. The van der Waals surface area contributed by atoms with E-state index in [1.54, 1.807) is 0 Å². The minimum absolute atomic E-state index is 0.208. The van der Waals surface area contributed by atoms with Crippen LogP contribution in [-0.2, 0) is 9.59 Å². The maximum Gasteiger partial charge on any atom is 0.222 e. The molecule has 0 spiro atoms. The Labute approximate surface area is 181 Å². The summed E-state index contributed by atoms with van der Waals surface area (Å²) in [5.41, 5.74) is 1.19. The standard InChI is InChI=1S/C25H38N2O3/c1-21-8-7-11-23(20-21)30-19-6-5-12-24(28)26-15-17-27(18-16-26)25(29)14-13-22-9-3-2-4-10-22/h7-8,11,20,22H,2-6,9-10,12-19H2,1H3. The van der Waals surface area contributed by atoms with E-state index < -0.39 is 0 Å². The van der Waals surface area contributed by atoms with E-state index in [1.807, 2.05) is 28.0 Å². The predicted molar refractivity (Wildman–Crippen MR) is 119 cm³/mol. The van der Waals surface area contributed by atoms with Crippen LogP contribution in [0.2, 0.25) is 0 Å². The van der Waals surface area contributed by atoms with Crippen LogP contribution in [0.3, 0.4) is 0 Å². The summed E-state index contributed by atoms with van der Waals surface area (Å²) < 4.78 is 5.75. The third-order valence-electron chi connectivity index (χ3n) is 6.52. The number of carbonyl (C=O) groups excluding carboxylic acids is 2. The van der Waals surface area contributed by atoms with E-state index in [2.05, 4.69) is 13.0 Å². The summed E-state index contributed by atoms with van der Waals surface area (Å²) in [6, 6.07) is 8.04. The van der Waals surface area contributed by atoms with Gasteiger partial charge in [0.25, 0.3) is 0 Å². The predicted octanol–water partition coefficient (Wildman–Crippen LogP) is 4.58. The van der Waals surface area contributed by atoms with Crippen molar-refractivity contribution in [2.24, 2.45) is 5.92 Å². The second-order valence-electron chi connectivity index (χ2n) is 8.93. The van der Waals surface area contributed by atoms with Gasteiger partial charge >= 0.3 is 0 Å². The van der Waals surface area contributed by atoms with Crippen molar-refractivity contribution in [1.82, 2.24) is 9.80 Å². The first kappa shape index (κ1) is 22.6. The lowest BCUT2D eigenvalue weighted by atomic mass is 9.86. The van der Waals surface area contributed by atoms with Gasteiger partial charge in [0.15, 0.2) is 0 Å². The van der Waals surface area contributed by atoms with E-state index in [1.165, 1.54) is 37.7 Å². The van der Waals surface area contributed by atoms with Crippen LogP contribution in [0, 0.1) is 12.8 Å². The fourth-order valence-corrected chi connectivity index (χ4v) is 4.60. The second kappa shape index (κ2) is 12.0. The van der Waals surface area contributed by atoms with Gasteiger partial charge in [-0.05, 0) is 49.8 Å². The first-order valence-electron chi connectivity index (χ1n) is 11.9. The van der Waals surface area contributed by atoms with Crippen LogP contribution in [0.15, 0.2) is 24.3 Å². The Morgan fingerprint density at radius 1 is 0.933 bits per heavy atom. The van der Waals surface area contributed by atoms with Crippen LogP contribution in [0.25, 0.3) is 0 Å². The van der Waals surface area contributed by atoms with Crippen molar-refractivity contribution in [2.45, 2.75) is 71.1 Å². The molecule has 0 aromatic heterocycles. The van der Waals surface area contributed by atoms with Gasteiger partial charge in [-0.3, -0.25) is 9.59 Å². The molecule has 0 bridgehead atoms. The summed E-state index contributed by atoms with van der Waals surface area (Å²) in [5.74, 6) is 2.13. The molecule has 5 heteroatoms. The van der Waals surface area contributed by atoms with Crippen molar-refractivity contribution in [3.05, 3.63) is 29.8 Å². The SMILES string of the molecule is Cc1cccc(OCCCCC(=O)N2CCN(C(=O)CCC3CCCCC3)CC2)c1. The Morgan fingerprint density at radius 2 is 1.60 bits per heavy atom. The van der Waals surface area contributed by atoms with Crippen LogP contribution in [0.4, 0.5) is 0 Å². The third-order valence-corrected chi connectivity index (χ3v) is 6.52. The van der Waals surface area contributed by atoms with Crippen LogP contribution in [0.5, 0.6) is 5.75 Å². The maximum absolute atomic E-state index is 12.5. The van der Waals surface area contributed by atoms with Gasteiger partial charge in [-0.1, -0.05) is 44.2 Å². The van der Waals surface area contributed by atoms with Gasteiger partial charge in [0.1, 0.15) is 5.75 Å². The molecule has 2 aliphatic rings. The molecule has 1 saturated carbocycles. The molecular formula is C25H38N2O3. The first-order chi connectivity index (χ1) is 14.6. The molecule has 2 fully saturated rings. The quantitative estimate of drug-likeness (QED) is 0.556. The molecule has 3 rings (SSSR count). The maximum atomic E-state index is 12.5. The molecular weight excluding hydrogens is 376 g/mol. The lowest BCUT2D eigenvalue weighted by molar-refractivity contribution is -0.139. The van der Waals surface area contributed by atoms with E-state index >= 15 is 0 Å². The monoisotopic (exact) mass is 414 g/mol. The summed E-state index contributed by atoms with van der Waals surface area (Å²) >= 11 is 0. The molecule has 30 heavy (non-hydrogen) atoms. The number of carbonyl (C=O) groups is 2. The van der Waals surface area contributed by atoms with Gasteiger partial charge in [0, 0.05) is 39.0 Å². The van der Waals surface area contributed by atoms with Gasteiger partial charge in [-0.25, -0.2) is 0 Å². The van der Waals surface area contributed by atoms with Crippen molar-refractivity contribution >= 4 is 11.8 Å². The van der Waals surface area contributed by atoms with E-state index in [0.717, 1.165) is 30.9 Å². The average molecular weight is 415 g/mol. The molecule has 166 valence electrons. The molecule has 0 atom stereocenters. The van der Waals surface area contributed by atoms with Crippen molar-refractivity contribution in [2.75, 3.05) is 32.8 Å². The van der Waals surface area contributed by atoms with Gasteiger partial charge in [-0.2, -0.15) is 0 Å². The number of rotatable bonds is 9.